The van der Waals surface area contributed by atoms with E-state index >= 15 is 0 Å². The Morgan fingerprint density at radius 1 is 1.09 bits per heavy atom. The minimum atomic E-state index is -3.94. The first-order chi connectivity index (χ1) is 21.7. The molecule has 0 spiro atoms. The van der Waals surface area contributed by atoms with E-state index in [2.05, 4.69) is 25.3 Å². The molecule has 3 aromatic rings. The molecular weight excluding hydrogens is 604 g/mol. The van der Waals surface area contributed by atoms with E-state index in [-0.39, 0.29) is 75.4 Å². The van der Waals surface area contributed by atoms with Crippen molar-refractivity contribution in [3.63, 3.8) is 0 Å². The van der Waals surface area contributed by atoms with Crippen LogP contribution in [0.3, 0.4) is 0 Å². The number of methoxy groups -OCH3 is 1. The Morgan fingerprint density at radius 2 is 1.82 bits per heavy atom. The first-order valence-electron chi connectivity index (χ1n) is 14.4. The molecule has 3 heterocycles. The number of nitrogens with two attached hydrogens (primary N) is 1. The number of aromatic nitrogens is 2. The van der Waals surface area contributed by atoms with E-state index < -0.39 is 21.9 Å². The standard InChI is InChI=1S/C30H38N6O8S/c1-32-19-22-5-3-6-24-28(22)44-18-17-43-16-15-42-14-13-36(12-4-7-26(37)41-2)45(39,40)23-10-8-21(9-11-23)25-20-33-29(31)27(34-25)30(38)35-24/h3,5-6,8-11,20,32H,4,7,12-19H2,1-2H3,(H2,31,33)(H,35,38). The van der Waals surface area contributed by atoms with Crippen LogP contribution in [0.5, 0.6) is 5.75 Å². The molecule has 242 valence electrons. The zero-order valence-corrected chi connectivity index (χ0v) is 26.1. The number of rotatable bonds is 6. The van der Waals surface area contributed by atoms with Gasteiger partial charge in [0.15, 0.2) is 11.5 Å². The van der Waals surface area contributed by atoms with Gasteiger partial charge in [0.25, 0.3) is 5.91 Å². The number of amides is 1. The summed E-state index contributed by atoms with van der Waals surface area (Å²) in [4.78, 5) is 33.7. The lowest BCUT2D eigenvalue weighted by Gasteiger charge is -2.22. The van der Waals surface area contributed by atoms with Crippen LogP contribution in [0.15, 0.2) is 53.6 Å². The van der Waals surface area contributed by atoms with Gasteiger partial charge in [0.05, 0.1) is 56.0 Å². The maximum absolute atomic E-state index is 13.6. The number of fused-ring (bicyclic) bond motifs is 13. The zero-order valence-electron chi connectivity index (χ0n) is 25.3. The van der Waals surface area contributed by atoms with Crippen molar-refractivity contribution in [2.45, 2.75) is 24.3 Å². The van der Waals surface area contributed by atoms with Crippen LogP contribution in [0.25, 0.3) is 11.3 Å². The zero-order chi connectivity index (χ0) is 32.2. The highest BCUT2D eigenvalue weighted by Crippen LogP contribution is 2.30. The molecule has 5 rings (SSSR count). The van der Waals surface area contributed by atoms with Crippen molar-refractivity contribution in [3.05, 3.63) is 59.9 Å². The summed E-state index contributed by atoms with van der Waals surface area (Å²) in [5.74, 6) is -0.607. The number of nitrogens with one attached hydrogen (secondary N) is 2. The van der Waals surface area contributed by atoms with Crippen molar-refractivity contribution in [1.29, 1.82) is 0 Å². The molecule has 4 bridgehead atoms. The Bertz CT molecular complexity index is 1570. The molecule has 0 saturated carbocycles. The van der Waals surface area contributed by atoms with Gasteiger partial charge in [-0.3, -0.25) is 9.59 Å². The molecule has 0 saturated heterocycles. The summed E-state index contributed by atoms with van der Waals surface area (Å²) in [5.41, 5.74) is 8.05. The third-order valence-electron chi connectivity index (χ3n) is 6.86. The molecule has 0 radical (unpaired) electrons. The van der Waals surface area contributed by atoms with Crippen LogP contribution in [0.4, 0.5) is 11.5 Å². The van der Waals surface area contributed by atoms with Crippen LogP contribution in [-0.4, -0.2) is 94.8 Å². The first-order valence-corrected chi connectivity index (χ1v) is 15.8. The van der Waals surface area contributed by atoms with E-state index in [4.69, 9.17) is 19.9 Å². The van der Waals surface area contributed by atoms with Gasteiger partial charge in [-0.2, -0.15) is 4.31 Å². The van der Waals surface area contributed by atoms with Crippen molar-refractivity contribution < 1.29 is 37.0 Å². The van der Waals surface area contributed by atoms with Crippen LogP contribution < -0.4 is 21.1 Å². The lowest BCUT2D eigenvalue weighted by Crippen LogP contribution is -2.35. The molecule has 4 N–H and O–H groups in total. The number of hydrogen-bond acceptors (Lipinski definition) is 12. The highest BCUT2D eigenvalue weighted by molar-refractivity contribution is 7.89. The summed E-state index contributed by atoms with van der Waals surface area (Å²) in [5, 5.41) is 5.93. The number of ether oxygens (including phenoxy) is 4. The number of carbonyl (C=O) groups excluding carboxylic acids is 2. The molecule has 0 fully saturated rings. The molecule has 1 amide bonds. The number of benzene rings is 2. The molecule has 15 heteroatoms. The van der Waals surface area contributed by atoms with Crippen molar-refractivity contribution in [3.8, 4) is 17.0 Å². The highest BCUT2D eigenvalue weighted by Gasteiger charge is 2.25. The van der Waals surface area contributed by atoms with Crippen molar-refractivity contribution >= 4 is 33.4 Å². The molecule has 2 aromatic carbocycles. The predicted octanol–water partition coefficient (Wildman–Crippen LogP) is 2.07. The van der Waals surface area contributed by atoms with E-state index in [1.54, 1.807) is 24.3 Å². The normalized spacial score (nSPS) is 16.4. The second-order valence-electron chi connectivity index (χ2n) is 9.95. The van der Waals surface area contributed by atoms with Crippen molar-refractivity contribution in [2.75, 3.05) is 71.3 Å². The molecule has 2 aliphatic heterocycles. The fourth-order valence-corrected chi connectivity index (χ4v) is 6.02. The maximum Gasteiger partial charge on any atom is 0.305 e. The SMILES string of the molecule is CNCc1cccc2c1OCCOCCOCCN(CCCC(=O)OC)S(=O)(=O)c1ccc(cc1)-c1cnc(N)c(n1)C(=O)N2. The Hall–Kier alpha value is -4.15. The fourth-order valence-electron chi connectivity index (χ4n) is 4.56. The number of hydrogen-bond donors (Lipinski definition) is 3. The minimum Gasteiger partial charge on any atom is -0.489 e. The van der Waals surface area contributed by atoms with Gasteiger partial charge in [0, 0.05) is 37.2 Å². The van der Waals surface area contributed by atoms with Crippen LogP contribution in [0.1, 0.15) is 28.9 Å². The van der Waals surface area contributed by atoms with Gasteiger partial charge < -0.3 is 35.3 Å². The average Bonchev–Trinajstić information content (AvgIpc) is 3.03. The smallest absolute Gasteiger partial charge is 0.305 e. The van der Waals surface area contributed by atoms with Crippen molar-refractivity contribution in [1.82, 2.24) is 19.6 Å². The summed E-state index contributed by atoms with van der Waals surface area (Å²) < 4.78 is 50.5. The van der Waals surface area contributed by atoms with Gasteiger partial charge in [0.2, 0.25) is 10.0 Å². The topological polar surface area (TPSA) is 184 Å². The summed E-state index contributed by atoms with van der Waals surface area (Å²) >= 11 is 0. The van der Waals surface area contributed by atoms with Crippen LogP contribution >= 0.6 is 0 Å². The summed E-state index contributed by atoms with van der Waals surface area (Å²) in [6.45, 7) is 1.73. The number of anilines is 2. The minimum absolute atomic E-state index is 0.0464. The fraction of sp³-hybridized carbons (Fsp3) is 0.400. The lowest BCUT2D eigenvalue weighted by molar-refractivity contribution is -0.140. The summed E-state index contributed by atoms with van der Waals surface area (Å²) in [6, 6.07) is 11.5. The van der Waals surface area contributed by atoms with E-state index in [0.29, 0.717) is 29.2 Å². The van der Waals surface area contributed by atoms with Crippen LogP contribution in [0.2, 0.25) is 0 Å². The Morgan fingerprint density at radius 3 is 2.56 bits per heavy atom. The third kappa shape index (κ3) is 8.95. The number of nitrogens with zero attached hydrogens (tertiary/aromatic N) is 3. The first kappa shape index (κ1) is 33.7. The number of sulfonamides is 1. The van der Waals surface area contributed by atoms with Crippen LogP contribution in [0, 0.1) is 0 Å². The molecular formula is C30H38N6O8S. The van der Waals surface area contributed by atoms with E-state index in [9.17, 15) is 18.0 Å². The van der Waals surface area contributed by atoms with E-state index in [1.807, 2.05) is 13.1 Å². The maximum atomic E-state index is 13.6. The Labute approximate surface area is 262 Å². The number of para-hydroxylation sites is 1. The van der Waals surface area contributed by atoms with Gasteiger partial charge in [0.1, 0.15) is 12.4 Å². The Kier molecular flexibility index (Phi) is 12.2. The van der Waals surface area contributed by atoms with Gasteiger partial charge in [-0.25, -0.2) is 18.4 Å². The van der Waals surface area contributed by atoms with Gasteiger partial charge in [-0.15, -0.1) is 0 Å². The Balaban J connectivity index is 1.65. The van der Waals surface area contributed by atoms with E-state index in [1.165, 1.54) is 29.7 Å². The monoisotopic (exact) mass is 642 g/mol. The summed E-state index contributed by atoms with van der Waals surface area (Å²) in [7, 11) is -0.848. The quantitative estimate of drug-likeness (QED) is 0.263. The lowest BCUT2D eigenvalue weighted by atomic mass is 10.1. The van der Waals surface area contributed by atoms with E-state index in [0.717, 1.165) is 5.56 Å². The molecule has 0 atom stereocenters. The third-order valence-corrected chi connectivity index (χ3v) is 8.78. The molecule has 45 heavy (non-hydrogen) atoms. The number of nitrogen functional groups attached to an aromatic ring is 1. The highest BCUT2D eigenvalue weighted by atomic mass is 32.2. The largest absolute Gasteiger partial charge is 0.489 e. The van der Waals surface area contributed by atoms with Crippen LogP contribution in [-0.2, 0) is 35.6 Å². The molecule has 2 aliphatic rings. The van der Waals surface area contributed by atoms with Gasteiger partial charge in [-0.1, -0.05) is 24.3 Å². The number of esters is 1. The van der Waals surface area contributed by atoms with Gasteiger partial charge >= 0.3 is 5.97 Å². The average molecular weight is 643 g/mol. The second-order valence-corrected chi connectivity index (χ2v) is 11.9. The molecule has 1 aromatic heterocycles. The second kappa shape index (κ2) is 16.2. The number of carbonyl (C=O) groups is 2. The van der Waals surface area contributed by atoms with Crippen molar-refractivity contribution in [2.24, 2.45) is 0 Å². The molecule has 14 nitrogen and oxygen atoms in total. The van der Waals surface area contributed by atoms with Gasteiger partial charge in [-0.05, 0) is 31.7 Å². The molecule has 0 aliphatic carbocycles. The summed E-state index contributed by atoms with van der Waals surface area (Å²) in [6.07, 6.45) is 1.76. The predicted molar refractivity (Wildman–Crippen MR) is 166 cm³/mol. The molecule has 0 unspecified atom stereocenters.